The van der Waals surface area contributed by atoms with Gasteiger partial charge in [-0.15, -0.1) is 0 Å². The van der Waals surface area contributed by atoms with Crippen LogP contribution in [0, 0.1) is 11.8 Å². The quantitative estimate of drug-likeness (QED) is 0.384. The van der Waals surface area contributed by atoms with Crippen LogP contribution in [0.25, 0.3) is 0 Å². The third kappa shape index (κ3) is 7.68. The van der Waals surface area contributed by atoms with E-state index in [0.29, 0.717) is 51.7 Å². The molecule has 238 valence electrons. The van der Waals surface area contributed by atoms with Crippen LogP contribution < -0.4 is 9.47 Å². The molecule has 43 heavy (non-hydrogen) atoms. The molecule has 1 saturated carbocycles. The van der Waals surface area contributed by atoms with Gasteiger partial charge in [0.05, 0.1) is 25.5 Å². The molecule has 1 aromatic rings. The molecule has 2 saturated heterocycles. The van der Waals surface area contributed by atoms with Crippen LogP contribution in [0.1, 0.15) is 45.1 Å². The van der Waals surface area contributed by atoms with Crippen molar-refractivity contribution in [2.24, 2.45) is 16.9 Å². The highest BCUT2D eigenvalue weighted by atomic mass is 16.5. The summed E-state index contributed by atoms with van der Waals surface area (Å²) in [7, 11) is 4.21. The number of benzene rings is 1. The number of hydrazone groups is 1. The Bertz CT molecular complexity index is 1130. The Morgan fingerprint density at radius 1 is 0.884 bits per heavy atom. The van der Waals surface area contributed by atoms with Crippen LogP contribution in [-0.4, -0.2) is 147 Å². The maximum atomic E-state index is 13.8. The molecule has 3 heterocycles. The van der Waals surface area contributed by atoms with Gasteiger partial charge in [0, 0.05) is 82.8 Å². The number of carbonyl (C=O) groups excluding carboxylic acids is 2. The van der Waals surface area contributed by atoms with Crippen LogP contribution in [-0.2, 0) is 9.59 Å². The molecule has 1 aliphatic carbocycles. The molecular formula is C32H51N7O4. The maximum absolute atomic E-state index is 13.8. The Morgan fingerprint density at radius 2 is 1.53 bits per heavy atom. The second-order valence-corrected chi connectivity index (χ2v) is 12.4. The minimum Gasteiger partial charge on any atom is -0.490 e. The molecule has 0 aromatic heterocycles. The largest absolute Gasteiger partial charge is 0.490 e. The molecule has 3 aliphatic heterocycles. The monoisotopic (exact) mass is 597 g/mol. The third-order valence-electron chi connectivity index (χ3n) is 9.24. The third-order valence-corrected chi connectivity index (χ3v) is 9.24. The molecule has 5 rings (SSSR count). The van der Waals surface area contributed by atoms with E-state index in [2.05, 4.69) is 28.8 Å². The zero-order valence-electron chi connectivity index (χ0n) is 26.7. The lowest BCUT2D eigenvalue weighted by molar-refractivity contribution is -0.163. The van der Waals surface area contributed by atoms with Crippen molar-refractivity contribution in [1.29, 1.82) is 0 Å². The average molecular weight is 598 g/mol. The number of piperazine rings is 2. The van der Waals surface area contributed by atoms with E-state index >= 15 is 0 Å². The van der Waals surface area contributed by atoms with Gasteiger partial charge in [-0.3, -0.25) is 19.4 Å². The van der Waals surface area contributed by atoms with Crippen molar-refractivity contribution in [1.82, 2.24) is 29.7 Å². The van der Waals surface area contributed by atoms with Crippen LogP contribution in [0.15, 0.2) is 23.3 Å². The summed E-state index contributed by atoms with van der Waals surface area (Å²) in [6, 6.07) is 6.02. The number of hydrogen-bond acceptors (Lipinski definition) is 9. The predicted molar refractivity (Wildman–Crippen MR) is 167 cm³/mol. The number of likely N-dealkylation sites (N-methyl/N-ethyl adjacent to an activating group) is 1. The van der Waals surface area contributed by atoms with Gasteiger partial charge >= 0.3 is 0 Å². The first-order chi connectivity index (χ1) is 20.9. The second-order valence-electron chi connectivity index (χ2n) is 12.4. The van der Waals surface area contributed by atoms with Crippen molar-refractivity contribution in [3.63, 3.8) is 0 Å². The molecule has 0 spiro atoms. The number of carbonyl (C=O) groups is 2. The first kappa shape index (κ1) is 31.7. The van der Waals surface area contributed by atoms with Gasteiger partial charge in [0.25, 0.3) is 5.91 Å². The Balaban J connectivity index is 1.23. The molecule has 2 atom stereocenters. The second kappa shape index (κ2) is 14.8. The van der Waals surface area contributed by atoms with E-state index < -0.39 is 0 Å². The molecule has 11 heteroatoms. The van der Waals surface area contributed by atoms with Crippen LogP contribution in [0.4, 0.5) is 0 Å². The van der Waals surface area contributed by atoms with Crippen molar-refractivity contribution in [3.05, 3.63) is 23.8 Å². The van der Waals surface area contributed by atoms with E-state index in [1.165, 1.54) is 0 Å². The summed E-state index contributed by atoms with van der Waals surface area (Å²) in [4.78, 5) is 35.9. The number of ether oxygens (including phenoxy) is 2. The topological polar surface area (TPSA) is 84.4 Å². The summed E-state index contributed by atoms with van der Waals surface area (Å²) in [5.74, 6) is 1.75. The van der Waals surface area contributed by atoms with Crippen LogP contribution in [0.3, 0.4) is 0 Å². The molecular weight excluding hydrogens is 546 g/mol. The number of amides is 2. The first-order valence-corrected chi connectivity index (χ1v) is 16.3. The van der Waals surface area contributed by atoms with Crippen molar-refractivity contribution in [3.8, 4) is 11.5 Å². The molecule has 0 bridgehead atoms. The summed E-state index contributed by atoms with van der Waals surface area (Å²) < 4.78 is 11.7. The number of rotatable bonds is 11. The van der Waals surface area contributed by atoms with Crippen LogP contribution in [0.2, 0.25) is 0 Å². The van der Waals surface area contributed by atoms with E-state index in [1.807, 2.05) is 42.0 Å². The highest BCUT2D eigenvalue weighted by Crippen LogP contribution is 2.39. The number of hydrazine groups is 1. The van der Waals surface area contributed by atoms with E-state index in [0.717, 1.165) is 82.0 Å². The molecule has 2 unspecified atom stereocenters. The average Bonchev–Trinajstić information content (AvgIpc) is 3.02. The van der Waals surface area contributed by atoms with E-state index in [1.54, 1.807) is 5.12 Å². The first-order valence-electron chi connectivity index (χ1n) is 16.3. The van der Waals surface area contributed by atoms with Crippen molar-refractivity contribution in [2.75, 3.05) is 99.3 Å². The van der Waals surface area contributed by atoms with E-state index in [-0.39, 0.29) is 23.7 Å². The Kier molecular flexibility index (Phi) is 10.9. The van der Waals surface area contributed by atoms with Gasteiger partial charge in [-0.1, -0.05) is 12.8 Å². The van der Waals surface area contributed by atoms with Gasteiger partial charge in [-0.2, -0.15) is 15.2 Å². The lowest BCUT2D eigenvalue weighted by atomic mass is 9.73. The number of fused-ring (bicyclic) bond motifs is 1. The molecule has 11 nitrogen and oxygen atoms in total. The zero-order chi connectivity index (χ0) is 30.3. The van der Waals surface area contributed by atoms with Crippen LogP contribution in [0.5, 0.6) is 11.5 Å². The van der Waals surface area contributed by atoms with E-state index in [4.69, 9.17) is 14.6 Å². The lowest BCUT2D eigenvalue weighted by Crippen LogP contribution is -2.59. The Hall–Kier alpha value is -2.73. The van der Waals surface area contributed by atoms with Crippen molar-refractivity contribution < 1.29 is 19.1 Å². The summed E-state index contributed by atoms with van der Waals surface area (Å²) in [5, 5.41) is 8.70. The standard InChI is InChI=1S/C32H51N7O4/c1-5-42-28-12-11-25(23-29(28)43-6-2)31-26-9-7-8-10-27(26)32(41)39(33-31)38-21-19-37(20-22-38)30(40)24-36-17-15-35(16-18-36)14-13-34(3)4/h11-12,23,26-27H,5-10,13-22,24H2,1-4H3. The molecule has 2 amide bonds. The predicted octanol–water partition coefficient (Wildman–Crippen LogP) is 2.08. The normalized spacial score (nSPS) is 24.2. The van der Waals surface area contributed by atoms with Crippen molar-refractivity contribution in [2.45, 2.75) is 39.5 Å². The SMILES string of the molecule is CCOc1ccc(C2=NN(N3CCN(C(=O)CN4CCN(CCN(C)C)CC4)CC3)C(=O)C3CCCCC23)cc1OCC. The fourth-order valence-electron chi connectivity index (χ4n) is 6.75. The Labute approximate surface area is 257 Å². The summed E-state index contributed by atoms with van der Waals surface area (Å²) in [6.07, 6.45) is 4.02. The van der Waals surface area contributed by atoms with Crippen molar-refractivity contribution >= 4 is 17.5 Å². The van der Waals surface area contributed by atoms with E-state index in [9.17, 15) is 9.59 Å². The summed E-state index contributed by atoms with van der Waals surface area (Å²) in [5.41, 5.74) is 1.94. The maximum Gasteiger partial charge on any atom is 0.261 e. The van der Waals surface area contributed by atoms with Gasteiger partial charge in [0.15, 0.2) is 11.5 Å². The molecule has 1 aromatic carbocycles. The van der Waals surface area contributed by atoms with Gasteiger partial charge in [-0.25, -0.2) is 0 Å². The smallest absolute Gasteiger partial charge is 0.261 e. The zero-order valence-corrected chi connectivity index (χ0v) is 26.7. The minimum atomic E-state index is -0.0700. The molecule has 4 aliphatic rings. The highest BCUT2D eigenvalue weighted by Gasteiger charge is 2.43. The minimum absolute atomic E-state index is 0.0700. The summed E-state index contributed by atoms with van der Waals surface area (Å²) in [6.45, 7) is 13.9. The number of nitrogens with zero attached hydrogens (tertiary/aromatic N) is 7. The summed E-state index contributed by atoms with van der Waals surface area (Å²) >= 11 is 0. The lowest BCUT2D eigenvalue weighted by Gasteiger charge is -2.45. The number of hydrogen-bond donors (Lipinski definition) is 0. The van der Waals surface area contributed by atoms with Gasteiger partial charge in [0.2, 0.25) is 5.91 Å². The Morgan fingerprint density at radius 3 is 2.21 bits per heavy atom. The molecule has 0 N–H and O–H groups in total. The van der Waals surface area contributed by atoms with Gasteiger partial charge in [-0.05, 0) is 59.0 Å². The fourth-order valence-corrected chi connectivity index (χ4v) is 6.75. The van der Waals surface area contributed by atoms with Gasteiger partial charge in [0.1, 0.15) is 0 Å². The fraction of sp³-hybridized carbons (Fsp3) is 0.719. The molecule has 3 fully saturated rings. The molecule has 0 radical (unpaired) electrons. The van der Waals surface area contributed by atoms with Crippen LogP contribution >= 0.6 is 0 Å². The highest BCUT2D eigenvalue weighted by molar-refractivity contribution is 6.07. The van der Waals surface area contributed by atoms with Gasteiger partial charge < -0.3 is 19.3 Å².